The molecule has 1 unspecified atom stereocenters. The van der Waals surface area contributed by atoms with Crippen LogP contribution in [0.4, 0.5) is 0 Å². The lowest BCUT2D eigenvalue weighted by atomic mass is 10.1. The molecule has 1 aromatic heterocycles. The summed E-state index contributed by atoms with van der Waals surface area (Å²) < 4.78 is 3.15. The summed E-state index contributed by atoms with van der Waals surface area (Å²) in [6.45, 7) is 0. The molecule has 0 aliphatic rings. The largest absolute Gasteiger partial charge is 0.370 e. The van der Waals surface area contributed by atoms with E-state index >= 15 is 0 Å². The Morgan fingerprint density at radius 3 is 2.56 bits per heavy atom. The van der Waals surface area contributed by atoms with E-state index in [1.807, 2.05) is 47.2 Å². The van der Waals surface area contributed by atoms with Crippen LogP contribution >= 0.6 is 22.6 Å². The zero-order valence-corrected chi connectivity index (χ0v) is 11.9. The minimum absolute atomic E-state index is 0.147. The molecular weight excluding hydrogens is 341 g/mol. The van der Waals surface area contributed by atoms with Crippen molar-refractivity contribution in [2.24, 2.45) is 11.5 Å². The molecule has 0 bridgehead atoms. The summed E-state index contributed by atoms with van der Waals surface area (Å²) in [5.41, 5.74) is 13.1. The molecule has 1 amide bonds. The normalized spacial score (nSPS) is 12.3. The fourth-order valence-electron chi connectivity index (χ4n) is 1.85. The van der Waals surface area contributed by atoms with Gasteiger partial charge in [-0.1, -0.05) is 0 Å². The molecular formula is C13H14IN3O. The van der Waals surface area contributed by atoms with Crippen molar-refractivity contribution in [3.63, 3.8) is 0 Å². The van der Waals surface area contributed by atoms with Gasteiger partial charge in [0.15, 0.2) is 0 Å². The van der Waals surface area contributed by atoms with Crippen LogP contribution in [0.2, 0.25) is 0 Å². The van der Waals surface area contributed by atoms with Crippen LogP contribution in [0.5, 0.6) is 0 Å². The highest BCUT2D eigenvalue weighted by Gasteiger charge is 2.13. The number of primary amides is 1. The number of benzene rings is 1. The van der Waals surface area contributed by atoms with Gasteiger partial charge in [0, 0.05) is 27.6 Å². The Kier molecular flexibility index (Phi) is 4.03. The molecule has 0 spiro atoms. The number of hydrogen-bond donors (Lipinski definition) is 2. The van der Waals surface area contributed by atoms with E-state index in [4.69, 9.17) is 11.5 Å². The summed E-state index contributed by atoms with van der Waals surface area (Å²) in [5.74, 6) is -0.391. The maximum atomic E-state index is 10.9. The Balaban J connectivity index is 2.32. The van der Waals surface area contributed by atoms with E-state index in [0.29, 0.717) is 0 Å². The third-order valence-electron chi connectivity index (χ3n) is 2.69. The standard InChI is InChI=1S/C13H14IN3O/c14-9-3-5-10(6-4-9)17-7-1-2-12(17)11(15)8-13(16)18/h1-7,11H,8,15H2,(H2,16,18). The highest BCUT2D eigenvalue weighted by molar-refractivity contribution is 14.1. The summed E-state index contributed by atoms with van der Waals surface area (Å²) in [6, 6.07) is 11.5. The number of aromatic nitrogens is 1. The average molecular weight is 355 g/mol. The second-order valence-corrected chi connectivity index (χ2v) is 5.30. The lowest BCUT2D eigenvalue weighted by Gasteiger charge is -2.14. The van der Waals surface area contributed by atoms with Gasteiger partial charge in [-0.2, -0.15) is 0 Å². The summed E-state index contributed by atoms with van der Waals surface area (Å²) in [6.07, 6.45) is 2.08. The second-order valence-electron chi connectivity index (χ2n) is 4.06. The molecule has 2 aromatic rings. The van der Waals surface area contributed by atoms with Crippen molar-refractivity contribution >= 4 is 28.5 Å². The number of rotatable bonds is 4. The molecule has 0 aliphatic heterocycles. The summed E-state index contributed by atoms with van der Waals surface area (Å²) in [4.78, 5) is 10.9. The molecule has 2 rings (SSSR count). The van der Waals surface area contributed by atoms with Gasteiger partial charge in [0.1, 0.15) is 0 Å². The van der Waals surface area contributed by atoms with E-state index in [2.05, 4.69) is 22.6 Å². The van der Waals surface area contributed by atoms with Gasteiger partial charge in [-0.05, 0) is 59.0 Å². The van der Waals surface area contributed by atoms with Crippen molar-refractivity contribution in [3.8, 4) is 5.69 Å². The Bertz CT molecular complexity index is 548. The molecule has 0 fully saturated rings. The van der Waals surface area contributed by atoms with Crippen LogP contribution in [0.25, 0.3) is 5.69 Å². The Morgan fingerprint density at radius 2 is 1.94 bits per heavy atom. The lowest BCUT2D eigenvalue weighted by molar-refractivity contribution is -0.118. The number of halogens is 1. The van der Waals surface area contributed by atoms with Gasteiger partial charge in [0.2, 0.25) is 5.91 Å². The zero-order valence-electron chi connectivity index (χ0n) is 9.71. The molecule has 0 saturated carbocycles. The van der Waals surface area contributed by atoms with Crippen molar-refractivity contribution in [1.29, 1.82) is 0 Å². The van der Waals surface area contributed by atoms with Crippen LogP contribution in [0.3, 0.4) is 0 Å². The van der Waals surface area contributed by atoms with Gasteiger partial charge in [-0.25, -0.2) is 0 Å². The van der Waals surface area contributed by atoms with Crippen molar-refractivity contribution in [3.05, 3.63) is 51.9 Å². The molecule has 0 radical (unpaired) electrons. The molecule has 18 heavy (non-hydrogen) atoms. The number of amides is 1. The third-order valence-corrected chi connectivity index (χ3v) is 3.41. The Hall–Kier alpha value is -1.34. The van der Waals surface area contributed by atoms with Crippen molar-refractivity contribution in [1.82, 2.24) is 4.57 Å². The lowest BCUT2D eigenvalue weighted by Crippen LogP contribution is -2.22. The first-order valence-electron chi connectivity index (χ1n) is 5.55. The maximum absolute atomic E-state index is 10.9. The van der Waals surface area contributed by atoms with Crippen molar-refractivity contribution in [2.75, 3.05) is 0 Å². The van der Waals surface area contributed by atoms with Crippen LogP contribution < -0.4 is 11.5 Å². The Labute approximate surface area is 119 Å². The molecule has 4 N–H and O–H groups in total. The minimum atomic E-state index is -0.391. The van der Waals surface area contributed by atoms with Gasteiger partial charge < -0.3 is 16.0 Å². The molecule has 1 atom stereocenters. The summed E-state index contributed by atoms with van der Waals surface area (Å²) in [7, 11) is 0. The van der Waals surface area contributed by atoms with Crippen LogP contribution in [0.1, 0.15) is 18.2 Å². The highest BCUT2D eigenvalue weighted by Crippen LogP contribution is 2.20. The molecule has 5 heteroatoms. The number of nitrogens with two attached hydrogens (primary N) is 2. The smallest absolute Gasteiger partial charge is 0.219 e. The SMILES string of the molecule is NC(=O)CC(N)c1cccn1-c1ccc(I)cc1. The number of hydrogen-bond acceptors (Lipinski definition) is 2. The van der Waals surface area contributed by atoms with E-state index in [0.717, 1.165) is 11.4 Å². The fourth-order valence-corrected chi connectivity index (χ4v) is 2.21. The first-order valence-corrected chi connectivity index (χ1v) is 6.63. The van der Waals surface area contributed by atoms with Crippen molar-refractivity contribution in [2.45, 2.75) is 12.5 Å². The van der Waals surface area contributed by atoms with E-state index in [9.17, 15) is 4.79 Å². The highest BCUT2D eigenvalue weighted by atomic mass is 127. The molecule has 1 aromatic carbocycles. The monoisotopic (exact) mass is 355 g/mol. The number of carbonyl (C=O) groups excluding carboxylic acids is 1. The maximum Gasteiger partial charge on any atom is 0.219 e. The van der Waals surface area contributed by atoms with E-state index in [1.54, 1.807) is 0 Å². The minimum Gasteiger partial charge on any atom is -0.370 e. The van der Waals surface area contributed by atoms with Gasteiger partial charge in [0.25, 0.3) is 0 Å². The topological polar surface area (TPSA) is 74.0 Å². The second kappa shape index (κ2) is 5.53. The molecule has 4 nitrogen and oxygen atoms in total. The molecule has 1 heterocycles. The predicted octanol–water partition coefficient (Wildman–Crippen LogP) is 1.96. The predicted molar refractivity (Wildman–Crippen MR) is 79.2 cm³/mol. The fraction of sp³-hybridized carbons (Fsp3) is 0.154. The molecule has 94 valence electrons. The van der Waals surface area contributed by atoms with Gasteiger partial charge in [-0.3, -0.25) is 4.79 Å². The number of nitrogens with zero attached hydrogens (tertiary/aromatic N) is 1. The first kappa shape index (κ1) is 13.1. The van der Waals surface area contributed by atoms with Crippen LogP contribution in [0.15, 0.2) is 42.6 Å². The average Bonchev–Trinajstić information content (AvgIpc) is 2.78. The molecule has 0 aliphatic carbocycles. The van der Waals surface area contributed by atoms with E-state index in [-0.39, 0.29) is 12.5 Å². The first-order chi connectivity index (χ1) is 8.58. The Morgan fingerprint density at radius 1 is 1.28 bits per heavy atom. The van der Waals surface area contributed by atoms with Crippen LogP contribution in [-0.2, 0) is 4.79 Å². The van der Waals surface area contributed by atoms with Gasteiger partial charge in [-0.15, -0.1) is 0 Å². The summed E-state index contributed by atoms with van der Waals surface area (Å²) in [5, 5.41) is 0. The molecule has 0 saturated heterocycles. The van der Waals surface area contributed by atoms with Crippen LogP contribution in [-0.4, -0.2) is 10.5 Å². The number of carbonyl (C=O) groups is 1. The quantitative estimate of drug-likeness (QED) is 0.823. The van der Waals surface area contributed by atoms with E-state index < -0.39 is 5.91 Å². The summed E-state index contributed by atoms with van der Waals surface area (Å²) >= 11 is 2.26. The van der Waals surface area contributed by atoms with Crippen molar-refractivity contribution < 1.29 is 4.79 Å². The van der Waals surface area contributed by atoms with Gasteiger partial charge in [0.05, 0.1) is 6.04 Å². The third kappa shape index (κ3) is 2.91. The zero-order chi connectivity index (χ0) is 13.1. The van der Waals surface area contributed by atoms with Crippen LogP contribution in [0, 0.1) is 3.57 Å². The van der Waals surface area contributed by atoms with Gasteiger partial charge >= 0.3 is 0 Å². The van der Waals surface area contributed by atoms with E-state index in [1.165, 1.54) is 3.57 Å².